The fourth-order valence-corrected chi connectivity index (χ4v) is 3.18. The second-order valence-electron chi connectivity index (χ2n) is 6.14. The predicted molar refractivity (Wildman–Crippen MR) is 115 cm³/mol. The Hall–Kier alpha value is -2.79. The van der Waals surface area contributed by atoms with E-state index in [0.717, 1.165) is 16.6 Å². The monoisotopic (exact) mass is 439 g/mol. The van der Waals surface area contributed by atoms with E-state index in [-0.39, 0.29) is 5.91 Å². The zero-order chi connectivity index (χ0) is 19.8. The molecular formula is C23H22BrNO3. The van der Waals surface area contributed by atoms with Crippen LogP contribution in [0.2, 0.25) is 0 Å². The lowest BCUT2D eigenvalue weighted by atomic mass is 10.1. The number of hydrogen-bond donors (Lipinski definition) is 1. The van der Waals surface area contributed by atoms with Gasteiger partial charge < -0.3 is 14.8 Å². The lowest BCUT2D eigenvalue weighted by Gasteiger charge is -2.11. The molecule has 0 radical (unpaired) electrons. The van der Waals surface area contributed by atoms with Crippen LogP contribution in [0.1, 0.15) is 22.8 Å². The summed E-state index contributed by atoms with van der Waals surface area (Å²) in [6, 6.07) is 22.8. The van der Waals surface area contributed by atoms with Crippen LogP contribution < -0.4 is 14.8 Å². The van der Waals surface area contributed by atoms with Gasteiger partial charge in [0.25, 0.3) is 5.91 Å². The molecule has 5 heteroatoms. The molecule has 1 amide bonds. The van der Waals surface area contributed by atoms with Crippen molar-refractivity contribution in [2.45, 2.75) is 13.3 Å². The highest BCUT2D eigenvalue weighted by Crippen LogP contribution is 2.27. The van der Waals surface area contributed by atoms with Gasteiger partial charge in [-0.25, -0.2) is 0 Å². The Kier molecular flexibility index (Phi) is 7.09. The molecule has 3 aromatic rings. The maximum atomic E-state index is 12.5. The minimum Gasteiger partial charge on any atom is -0.494 e. The molecule has 0 heterocycles. The largest absolute Gasteiger partial charge is 0.494 e. The number of amides is 1. The minimum atomic E-state index is -0.180. The number of benzene rings is 3. The summed E-state index contributed by atoms with van der Waals surface area (Å²) < 4.78 is 12.0. The van der Waals surface area contributed by atoms with Crippen molar-refractivity contribution in [2.75, 3.05) is 18.5 Å². The molecule has 0 aliphatic carbocycles. The Morgan fingerprint density at radius 1 is 0.964 bits per heavy atom. The first-order valence-electron chi connectivity index (χ1n) is 9.16. The summed E-state index contributed by atoms with van der Waals surface area (Å²) >= 11 is 3.49. The van der Waals surface area contributed by atoms with E-state index in [0.29, 0.717) is 30.2 Å². The third kappa shape index (κ3) is 5.60. The van der Waals surface area contributed by atoms with Crippen LogP contribution in [0.3, 0.4) is 0 Å². The molecule has 28 heavy (non-hydrogen) atoms. The van der Waals surface area contributed by atoms with Crippen LogP contribution in [0, 0.1) is 0 Å². The highest BCUT2D eigenvalue weighted by molar-refractivity contribution is 9.10. The van der Waals surface area contributed by atoms with Gasteiger partial charge in [0, 0.05) is 17.7 Å². The van der Waals surface area contributed by atoms with Crippen LogP contribution in [-0.2, 0) is 6.42 Å². The molecule has 0 atom stereocenters. The maximum absolute atomic E-state index is 12.5. The summed E-state index contributed by atoms with van der Waals surface area (Å²) in [5.74, 6) is 1.31. The minimum absolute atomic E-state index is 0.180. The van der Waals surface area contributed by atoms with Crippen LogP contribution in [0.5, 0.6) is 11.5 Å². The fraction of sp³-hybridized carbons (Fsp3) is 0.174. The molecule has 0 saturated carbocycles. The summed E-state index contributed by atoms with van der Waals surface area (Å²) in [5, 5.41) is 2.88. The van der Waals surface area contributed by atoms with Crippen LogP contribution >= 0.6 is 15.9 Å². The Morgan fingerprint density at radius 2 is 1.71 bits per heavy atom. The van der Waals surface area contributed by atoms with Gasteiger partial charge >= 0.3 is 0 Å². The first-order chi connectivity index (χ1) is 13.7. The third-order valence-electron chi connectivity index (χ3n) is 4.11. The molecule has 3 rings (SSSR count). The molecule has 1 N–H and O–H groups in total. The van der Waals surface area contributed by atoms with Crippen molar-refractivity contribution in [1.29, 1.82) is 0 Å². The van der Waals surface area contributed by atoms with Crippen molar-refractivity contribution in [3.63, 3.8) is 0 Å². The number of ether oxygens (including phenoxy) is 2. The van der Waals surface area contributed by atoms with Gasteiger partial charge in [0.05, 0.1) is 17.7 Å². The summed E-state index contributed by atoms with van der Waals surface area (Å²) in [6.45, 7) is 3.11. The van der Waals surface area contributed by atoms with Gasteiger partial charge in [-0.3, -0.25) is 4.79 Å². The first kappa shape index (κ1) is 20.0. The zero-order valence-corrected chi connectivity index (χ0v) is 17.2. The summed E-state index contributed by atoms with van der Waals surface area (Å²) in [6.07, 6.45) is 0.827. The van der Waals surface area contributed by atoms with Crippen molar-refractivity contribution < 1.29 is 14.3 Å². The molecule has 0 unspecified atom stereocenters. The van der Waals surface area contributed by atoms with Crippen molar-refractivity contribution in [2.24, 2.45) is 0 Å². The summed E-state index contributed by atoms with van der Waals surface area (Å²) in [7, 11) is 0. The number of anilines is 1. The lowest BCUT2D eigenvalue weighted by Crippen LogP contribution is -2.12. The van der Waals surface area contributed by atoms with Crippen molar-refractivity contribution in [3.05, 3.63) is 88.4 Å². The number of halogens is 1. The fourth-order valence-electron chi connectivity index (χ4n) is 2.69. The average Bonchev–Trinajstić information content (AvgIpc) is 2.71. The van der Waals surface area contributed by atoms with E-state index in [2.05, 4.69) is 33.4 Å². The Morgan fingerprint density at radius 3 is 2.39 bits per heavy atom. The molecule has 0 fully saturated rings. The van der Waals surface area contributed by atoms with E-state index in [9.17, 15) is 4.79 Å². The first-order valence-corrected chi connectivity index (χ1v) is 9.95. The molecule has 0 spiro atoms. The molecular weight excluding hydrogens is 418 g/mol. The predicted octanol–water partition coefficient (Wildman–Crippen LogP) is 5.72. The zero-order valence-electron chi connectivity index (χ0n) is 15.7. The highest BCUT2D eigenvalue weighted by Gasteiger charge is 2.10. The molecule has 0 saturated heterocycles. The number of carbonyl (C=O) groups excluding carboxylic acids is 1. The summed E-state index contributed by atoms with van der Waals surface area (Å²) in [4.78, 5) is 12.5. The van der Waals surface area contributed by atoms with Crippen molar-refractivity contribution in [1.82, 2.24) is 0 Å². The van der Waals surface area contributed by atoms with E-state index in [4.69, 9.17) is 9.47 Å². The number of hydrogen-bond acceptors (Lipinski definition) is 3. The maximum Gasteiger partial charge on any atom is 0.255 e. The molecule has 3 aromatic carbocycles. The Bertz CT molecular complexity index is 911. The Balaban J connectivity index is 1.57. The standard InChI is InChI=1S/C23H22BrNO3/c1-2-27-20-11-9-19(10-12-20)25-23(26)18-8-13-22(21(24)16-18)28-15-14-17-6-4-3-5-7-17/h3-13,16H,2,14-15H2,1H3,(H,25,26). The number of rotatable bonds is 8. The van der Waals surface area contributed by atoms with Gasteiger partial charge in [-0.05, 0) is 70.9 Å². The van der Waals surface area contributed by atoms with E-state index in [1.165, 1.54) is 5.56 Å². The second-order valence-corrected chi connectivity index (χ2v) is 7.00. The van der Waals surface area contributed by atoms with Gasteiger partial charge in [0.1, 0.15) is 11.5 Å². The van der Waals surface area contributed by atoms with Gasteiger partial charge in [-0.15, -0.1) is 0 Å². The quantitative estimate of drug-likeness (QED) is 0.487. The van der Waals surface area contributed by atoms with Crippen molar-refractivity contribution in [3.8, 4) is 11.5 Å². The van der Waals surface area contributed by atoms with Gasteiger partial charge in [-0.2, -0.15) is 0 Å². The summed E-state index contributed by atoms with van der Waals surface area (Å²) in [5.41, 5.74) is 2.49. The molecule has 0 aromatic heterocycles. The van der Waals surface area contributed by atoms with Gasteiger partial charge in [-0.1, -0.05) is 30.3 Å². The topological polar surface area (TPSA) is 47.6 Å². The Labute approximate surface area is 173 Å². The van der Waals surface area contributed by atoms with Crippen LogP contribution in [0.4, 0.5) is 5.69 Å². The van der Waals surface area contributed by atoms with Crippen LogP contribution in [0.15, 0.2) is 77.3 Å². The van der Waals surface area contributed by atoms with Gasteiger partial charge in [0.15, 0.2) is 0 Å². The number of nitrogens with one attached hydrogen (secondary N) is 1. The van der Waals surface area contributed by atoms with E-state index in [1.54, 1.807) is 12.1 Å². The lowest BCUT2D eigenvalue weighted by molar-refractivity contribution is 0.102. The van der Waals surface area contributed by atoms with Crippen molar-refractivity contribution >= 4 is 27.5 Å². The van der Waals surface area contributed by atoms with E-state index >= 15 is 0 Å². The van der Waals surface area contributed by atoms with Gasteiger partial charge in [0.2, 0.25) is 0 Å². The number of carbonyl (C=O) groups is 1. The van der Waals surface area contributed by atoms with Crippen LogP contribution in [0.25, 0.3) is 0 Å². The normalized spacial score (nSPS) is 10.4. The second kappa shape index (κ2) is 9.95. The average molecular weight is 440 g/mol. The molecule has 4 nitrogen and oxygen atoms in total. The molecule has 0 aliphatic heterocycles. The van der Waals surface area contributed by atoms with E-state index < -0.39 is 0 Å². The van der Waals surface area contributed by atoms with Crippen LogP contribution in [-0.4, -0.2) is 19.1 Å². The SMILES string of the molecule is CCOc1ccc(NC(=O)c2ccc(OCCc3ccccc3)c(Br)c2)cc1. The molecule has 0 aliphatic rings. The smallest absolute Gasteiger partial charge is 0.255 e. The van der Waals surface area contributed by atoms with E-state index in [1.807, 2.05) is 55.5 Å². The third-order valence-corrected chi connectivity index (χ3v) is 4.73. The molecule has 144 valence electrons. The molecule has 0 bridgehead atoms. The highest BCUT2D eigenvalue weighted by atomic mass is 79.9.